The number of amides is 1. The molecule has 1 aromatic heterocycles. The summed E-state index contributed by atoms with van der Waals surface area (Å²) in [6.45, 7) is 4.38. The van der Waals surface area contributed by atoms with Gasteiger partial charge in [0.05, 0.1) is 11.2 Å². The van der Waals surface area contributed by atoms with Gasteiger partial charge in [0.15, 0.2) is 9.84 Å². The van der Waals surface area contributed by atoms with Gasteiger partial charge in [-0.3, -0.25) is 9.89 Å². The smallest absolute Gasteiger partial charge is 0.251 e. The number of piperidine rings is 1. The maximum absolute atomic E-state index is 13.1. The molecule has 1 saturated heterocycles. The first-order chi connectivity index (χ1) is 19.6. The fraction of sp³-hybridized carbons (Fsp3) is 0.355. The highest BCUT2D eigenvalue weighted by atomic mass is 35.5. The molecule has 0 bridgehead atoms. The lowest BCUT2D eigenvalue weighted by Crippen LogP contribution is -2.35. The van der Waals surface area contributed by atoms with Crippen LogP contribution < -0.4 is 10.1 Å². The average molecular weight is 595 g/mol. The molecule has 1 fully saturated rings. The van der Waals surface area contributed by atoms with Gasteiger partial charge in [0.1, 0.15) is 16.7 Å². The summed E-state index contributed by atoms with van der Waals surface area (Å²) in [6.07, 6.45) is 3.60. The quantitative estimate of drug-likeness (QED) is 0.270. The topological polar surface area (TPSA) is 104 Å². The number of hydrogen-bond acceptors (Lipinski definition) is 6. The zero-order valence-electron chi connectivity index (χ0n) is 23.5. The molecule has 4 aromatic rings. The van der Waals surface area contributed by atoms with E-state index in [9.17, 15) is 13.2 Å². The van der Waals surface area contributed by atoms with Gasteiger partial charge in [-0.05, 0) is 80.3 Å². The highest BCUT2D eigenvalue weighted by Crippen LogP contribution is 2.34. The molecule has 0 aliphatic carbocycles. The van der Waals surface area contributed by atoms with E-state index in [-0.39, 0.29) is 22.8 Å². The Hall–Kier alpha value is -3.40. The van der Waals surface area contributed by atoms with Crippen molar-refractivity contribution < 1.29 is 17.9 Å². The van der Waals surface area contributed by atoms with Gasteiger partial charge in [0, 0.05) is 47.4 Å². The molecule has 41 heavy (non-hydrogen) atoms. The number of nitrogens with one attached hydrogen (secondary N) is 2. The third kappa shape index (κ3) is 6.92. The van der Waals surface area contributed by atoms with Gasteiger partial charge in [0.2, 0.25) is 0 Å². The first-order valence-electron chi connectivity index (χ1n) is 13.8. The van der Waals surface area contributed by atoms with Gasteiger partial charge >= 0.3 is 0 Å². The molecule has 0 radical (unpaired) electrons. The Labute approximate surface area is 246 Å². The van der Waals surface area contributed by atoms with Crippen LogP contribution in [0.3, 0.4) is 0 Å². The molecule has 0 saturated carbocycles. The summed E-state index contributed by atoms with van der Waals surface area (Å²) >= 11 is 6.29. The second-order valence-electron chi connectivity index (χ2n) is 11.0. The number of H-pyrrole nitrogens is 1. The van der Waals surface area contributed by atoms with E-state index < -0.39 is 9.84 Å². The highest BCUT2D eigenvalue weighted by Gasteiger charge is 2.23. The summed E-state index contributed by atoms with van der Waals surface area (Å²) in [7, 11) is -1.50. The van der Waals surface area contributed by atoms with E-state index >= 15 is 0 Å². The molecular weight excluding hydrogens is 560 g/mol. The van der Waals surface area contributed by atoms with E-state index in [4.69, 9.17) is 16.3 Å². The SMILES string of the molecule is CC(CNC(=O)c1ccc2[nH]nc(-c3ccc(OC4CCN(C)CC4)c(S(C)(=O)=O)c3)c2c1)Cc1ccccc1Cl. The average Bonchev–Trinajstić information content (AvgIpc) is 3.37. The number of carbonyl (C=O) groups is 1. The number of sulfone groups is 1. The Morgan fingerprint density at radius 2 is 1.90 bits per heavy atom. The summed E-state index contributed by atoms with van der Waals surface area (Å²) in [4.78, 5) is 15.4. The fourth-order valence-corrected chi connectivity index (χ4v) is 6.22. The van der Waals surface area contributed by atoms with Gasteiger partial charge in [-0.2, -0.15) is 5.10 Å². The first-order valence-corrected chi connectivity index (χ1v) is 16.0. The minimum absolute atomic E-state index is 0.0303. The van der Waals surface area contributed by atoms with Crippen LogP contribution in [0.1, 0.15) is 35.7 Å². The lowest BCUT2D eigenvalue weighted by Gasteiger charge is -2.29. The van der Waals surface area contributed by atoms with Gasteiger partial charge in [0.25, 0.3) is 5.91 Å². The molecule has 8 nitrogen and oxygen atoms in total. The second-order valence-corrected chi connectivity index (χ2v) is 13.4. The highest BCUT2D eigenvalue weighted by molar-refractivity contribution is 7.90. The molecule has 5 rings (SSSR count). The number of halogens is 1. The predicted molar refractivity (Wildman–Crippen MR) is 162 cm³/mol. The Bertz CT molecular complexity index is 1660. The molecule has 0 spiro atoms. The standard InChI is InChI=1S/C31H35ClN4O4S/c1-20(16-21-6-4-5-7-26(21)32)19-33-31(37)23-8-10-27-25(17-23)30(35-34-27)22-9-11-28(29(18-22)41(3,38)39)40-24-12-14-36(2)15-13-24/h4-11,17-18,20,24H,12-16,19H2,1-3H3,(H,33,37)(H,34,35). The summed E-state index contributed by atoms with van der Waals surface area (Å²) in [5, 5.41) is 11.9. The third-order valence-electron chi connectivity index (χ3n) is 7.54. The van der Waals surface area contributed by atoms with Crippen LogP contribution in [0, 0.1) is 5.92 Å². The number of aromatic nitrogens is 2. The van der Waals surface area contributed by atoms with Crippen LogP contribution in [0.5, 0.6) is 5.75 Å². The summed E-state index contributed by atoms with van der Waals surface area (Å²) < 4.78 is 31.7. The van der Waals surface area contributed by atoms with E-state index in [1.165, 1.54) is 6.26 Å². The summed E-state index contributed by atoms with van der Waals surface area (Å²) in [5.41, 5.74) is 3.49. The third-order valence-corrected chi connectivity index (χ3v) is 9.02. The number of hydrogen-bond donors (Lipinski definition) is 2. The zero-order chi connectivity index (χ0) is 29.1. The van der Waals surface area contributed by atoms with Gasteiger partial charge in [-0.25, -0.2) is 8.42 Å². The minimum Gasteiger partial charge on any atom is -0.489 e. The molecule has 2 N–H and O–H groups in total. The number of ether oxygens (including phenoxy) is 1. The summed E-state index contributed by atoms with van der Waals surface area (Å²) in [6, 6.07) is 18.2. The molecule has 3 aromatic carbocycles. The van der Waals surface area contributed by atoms with Crippen LogP contribution in [-0.2, 0) is 16.3 Å². The largest absolute Gasteiger partial charge is 0.489 e. The van der Waals surface area contributed by atoms with Crippen molar-refractivity contribution in [3.8, 4) is 17.0 Å². The van der Waals surface area contributed by atoms with E-state index in [0.29, 0.717) is 29.1 Å². The van der Waals surface area contributed by atoms with Crippen molar-refractivity contribution in [2.45, 2.75) is 37.2 Å². The van der Waals surface area contributed by atoms with Gasteiger partial charge in [-0.1, -0.05) is 36.7 Å². The zero-order valence-corrected chi connectivity index (χ0v) is 25.1. The first kappa shape index (κ1) is 29.1. The Balaban J connectivity index is 1.35. The minimum atomic E-state index is -3.57. The van der Waals surface area contributed by atoms with Crippen molar-refractivity contribution in [3.63, 3.8) is 0 Å². The molecule has 1 amide bonds. The van der Waals surface area contributed by atoms with Crippen molar-refractivity contribution in [2.24, 2.45) is 5.92 Å². The van der Waals surface area contributed by atoms with E-state index in [0.717, 1.165) is 53.8 Å². The molecule has 1 aliphatic heterocycles. The van der Waals surface area contributed by atoms with Crippen molar-refractivity contribution in [3.05, 3.63) is 76.8 Å². The number of carbonyl (C=O) groups excluding carboxylic acids is 1. The van der Waals surface area contributed by atoms with Gasteiger partial charge in [-0.15, -0.1) is 0 Å². The maximum atomic E-state index is 13.1. The molecule has 1 aliphatic rings. The number of benzene rings is 3. The maximum Gasteiger partial charge on any atom is 0.251 e. The van der Waals surface area contributed by atoms with E-state index in [1.807, 2.05) is 36.4 Å². The van der Waals surface area contributed by atoms with Crippen LogP contribution in [0.25, 0.3) is 22.2 Å². The lowest BCUT2D eigenvalue weighted by atomic mass is 10.0. The number of likely N-dealkylation sites (tertiary alicyclic amines) is 1. The molecule has 2 heterocycles. The molecule has 10 heteroatoms. The Morgan fingerprint density at radius 3 is 2.63 bits per heavy atom. The van der Waals surface area contributed by atoms with Crippen LogP contribution in [0.2, 0.25) is 5.02 Å². The number of aromatic amines is 1. The van der Waals surface area contributed by atoms with Crippen molar-refractivity contribution in [1.82, 2.24) is 20.4 Å². The van der Waals surface area contributed by atoms with Crippen LogP contribution in [0.4, 0.5) is 0 Å². The van der Waals surface area contributed by atoms with Crippen LogP contribution in [0.15, 0.2) is 65.6 Å². The number of fused-ring (bicyclic) bond motifs is 1. The van der Waals surface area contributed by atoms with Crippen molar-refractivity contribution in [1.29, 1.82) is 0 Å². The van der Waals surface area contributed by atoms with Crippen molar-refractivity contribution in [2.75, 3.05) is 32.9 Å². The molecular formula is C31H35ClN4O4S. The Morgan fingerprint density at radius 1 is 1.15 bits per heavy atom. The van der Waals surface area contributed by atoms with Gasteiger partial charge < -0.3 is 15.0 Å². The molecule has 1 atom stereocenters. The van der Waals surface area contributed by atoms with E-state index in [2.05, 4.69) is 34.4 Å². The monoisotopic (exact) mass is 594 g/mol. The summed E-state index contributed by atoms with van der Waals surface area (Å²) in [5.74, 6) is 0.358. The van der Waals surface area contributed by atoms with E-state index in [1.54, 1.807) is 24.3 Å². The lowest BCUT2D eigenvalue weighted by molar-refractivity contribution is 0.0948. The normalized spacial score (nSPS) is 15.6. The molecule has 1 unspecified atom stereocenters. The Kier molecular flexibility index (Phi) is 8.68. The van der Waals surface area contributed by atoms with Crippen LogP contribution in [-0.4, -0.2) is 68.5 Å². The van der Waals surface area contributed by atoms with Crippen LogP contribution >= 0.6 is 11.6 Å². The number of nitrogens with zero attached hydrogens (tertiary/aromatic N) is 2. The van der Waals surface area contributed by atoms with Crippen molar-refractivity contribution >= 4 is 38.2 Å². The fourth-order valence-electron chi connectivity index (χ4n) is 5.18. The number of rotatable bonds is 9. The molecule has 216 valence electrons. The second kappa shape index (κ2) is 12.2. The predicted octanol–water partition coefficient (Wildman–Crippen LogP) is 5.37.